The summed E-state index contributed by atoms with van der Waals surface area (Å²) in [5, 5.41) is 0.654. The van der Waals surface area contributed by atoms with Crippen LogP contribution in [0.5, 0.6) is 11.5 Å². The molecule has 0 fully saturated rings. The summed E-state index contributed by atoms with van der Waals surface area (Å²) in [6, 6.07) is 12.6. The molecule has 0 aliphatic carbocycles. The van der Waals surface area contributed by atoms with Crippen LogP contribution in [0, 0.1) is 6.92 Å². The average molecular weight is 391 g/mol. The van der Waals surface area contributed by atoms with Gasteiger partial charge in [0.05, 0.1) is 0 Å². The number of nitrogens with one attached hydrogen (secondary N) is 2. The first kappa shape index (κ1) is 20.6. The number of halogens is 1. The molecule has 0 aromatic heterocycles. The molecule has 7 heteroatoms. The largest absolute Gasteiger partial charge is 0.484 e. The molecule has 0 spiro atoms. The molecule has 2 aromatic rings. The Balaban J connectivity index is 1.79. The van der Waals surface area contributed by atoms with Crippen LogP contribution in [0.4, 0.5) is 0 Å². The van der Waals surface area contributed by atoms with Crippen LogP contribution in [0.25, 0.3) is 0 Å². The average Bonchev–Trinajstić information content (AvgIpc) is 2.65. The first-order valence-corrected chi connectivity index (χ1v) is 8.93. The van der Waals surface area contributed by atoms with E-state index in [-0.39, 0.29) is 19.1 Å². The van der Waals surface area contributed by atoms with E-state index in [4.69, 9.17) is 21.1 Å². The third-order valence-corrected chi connectivity index (χ3v) is 4.13. The fourth-order valence-electron chi connectivity index (χ4n) is 2.27. The van der Waals surface area contributed by atoms with E-state index in [1.807, 2.05) is 32.9 Å². The van der Waals surface area contributed by atoms with Crippen molar-refractivity contribution in [3.05, 3.63) is 58.6 Å². The summed E-state index contributed by atoms with van der Waals surface area (Å²) in [6.45, 7) is 5.45. The third-order valence-electron chi connectivity index (χ3n) is 3.73. The Kier molecular flexibility index (Phi) is 7.49. The van der Waals surface area contributed by atoms with Crippen molar-refractivity contribution in [3.8, 4) is 11.5 Å². The van der Waals surface area contributed by atoms with Crippen LogP contribution >= 0.6 is 11.6 Å². The molecule has 0 saturated heterocycles. The van der Waals surface area contributed by atoms with Gasteiger partial charge in [0.15, 0.2) is 13.2 Å². The van der Waals surface area contributed by atoms with Gasteiger partial charge in [-0.1, -0.05) is 43.6 Å². The highest BCUT2D eigenvalue weighted by molar-refractivity contribution is 6.31. The predicted molar refractivity (Wildman–Crippen MR) is 104 cm³/mol. The summed E-state index contributed by atoms with van der Waals surface area (Å²) < 4.78 is 10.9. The number of hydrogen-bond acceptors (Lipinski definition) is 4. The van der Waals surface area contributed by atoms with E-state index in [1.54, 1.807) is 30.3 Å². The van der Waals surface area contributed by atoms with Crippen LogP contribution < -0.4 is 20.3 Å². The number of hydrazine groups is 1. The van der Waals surface area contributed by atoms with Gasteiger partial charge < -0.3 is 9.47 Å². The number of hydrogen-bond donors (Lipinski definition) is 2. The van der Waals surface area contributed by atoms with Gasteiger partial charge in [0, 0.05) is 5.02 Å². The molecule has 0 aliphatic rings. The number of carbonyl (C=O) groups excluding carboxylic acids is 2. The predicted octanol–water partition coefficient (Wildman–Crippen LogP) is 3.38. The lowest BCUT2D eigenvalue weighted by molar-refractivity contribution is -0.131. The lowest BCUT2D eigenvalue weighted by Crippen LogP contribution is -2.45. The van der Waals surface area contributed by atoms with Crippen LogP contribution in [0.3, 0.4) is 0 Å². The number of para-hydroxylation sites is 1. The molecule has 0 heterocycles. The van der Waals surface area contributed by atoms with Crippen molar-refractivity contribution >= 4 is 23.4 Å². The molecule has 2 aromatic carbocycles. The first-order chi connectivity index (χ1) is 12.9. The Morgan fingerprint density at radius 3 is 2.19 bits per heavy atom. The van der Waals surface area contributed by atoms with E-state index in [9.17, 15) is 9.59 Å². The van der Waals surface area contributed by atoms with Gasteiger partial charge in [-0.05, 0) is 48.2 Å². The van der Waals surface area contributed by atoms with E-state index in [1.165, 1.54) is 0 Å². The maximum atomic E-state index is 11.9. The van der Waals surface area contributed by atoms with Crippen molar-refractivity contribution in [2.45, 2.75) is 26.7 Å². The van der Waals surface area contributed by atoms with Gasteiger partial charge >= 0.3 is 0 Å². The lowest BCUT2D eigenvalue weighted by atomic mass is 10.0. The number of amides is 2. The van der Waals surface area contributed by atoms with Crippen molar-refractivity contribution in [3.63, 3.8) is 0 Å². The highest BCUT2D eigenvalue weighted by Crippen LogP contribution is 2.31. The van der Waals surface area contributed by atoms with E-state index in [2.05, 4.69) is 10.9 Å². The van der Waals surface area contributed by atoms with E-state index in [0.717, 1.165) is 11.1 Å². The molecule has 2 amide bonds. The van der Waals surface area contributed by atoms with Crippen molar-refractivity contribution in [1.82, 2.24) is 10.9 Å². The molecule has 0 unspecified atom stereocenters. The van der Waals surface area contributed by atoms with Crippen LogP contribution in [0.1, 0.15) is 30.9 Å². The van der Waals surface area contributed by atoms with Crippen molar-refractivity contribution in [2.24, 2.45) is 0 Å². The highest BCUT2D eigenvalue weighted by atomic mass is 35.5. The Morgan fingerprint density at radius 1 is 1.00 bits per heavy atom. The zero-order chi connectivity index (χ0) is 19.8. The molecule has 0 radical (unpaired) electrons. The summed E-state index contributed by atoms with van der Waals surface area (Å²) in [4.78, 5) is 23.6. The number of ether oxygens (including phenoxy) is 2. The van der Waals surface area contributed by atoms with Gasteiger partial charge in [-0.25, -0.2) is 0 Å². The van der Waals surface area contributed by atoms with Crippen molar-refractivity contribution in [2.75, 3.05) is 13.2 Å². The Bertz CT molecular complexity index is 794. The summed E-state index contributed by atoms with van der Waals surface area (Å²) in [7, 11) is 0. The van der Waals surface area contributed by atoms with Gasteiger partial charge in [0.2, 0.25) is 0 Å². The van der Waals surface area contributed by atoms with Gasteiger partial charge in [0.1, 0.15) is 11.5 Å². The number of benzene rings is 2. The zero-order valence-electron chi connectivity index (χ0n) is 15.5. The quantitative estimate of drug-likeness (QED) is 0.710. The molecule has 144 valence electrons. The topological polar surface area (TPSA) is 76.7 Å². The second kappa shape index (κ2) is 9.83. The fraction of sp³-hybridized carbons (Fsp3) is 0.300. The summed E-state index contributed by atoms with van der Waals surface area (Å²) in [5.41, 5.74) is 6.36. The minimum Gasteiger partial charge on any atom is -0.484 e. The normalized spacial score (nSPS) is 10.4. The van der Waals surface area contributed by atoms with Crippen LogP contribution in [0.15, 0.2) is 42.5 Å². The smallest absolute Gasteiger partial charge is 0.276 e. The molecule has 6 nitrogen and oxygen atoms in total. The van der Waals surface area contributed by atoms with Gasteiger partial charge in [0.25, 0.3) is 11.8 Å². The maximum absolute atomic E-state index is 11.9. The molecule has 2 rings (SSSR count). The summed E-state index contributed by atoms with van der Waals surface area (Å²) in [5.74, 6) is 0.404. The van der Waals surface area contributed by atoms with Gasteiger partial charge in [-0.15, -0.1) is 0 Å². The van der Waals surface area contributed by atoms with Crippen LogP contribution in [-0.2, 0) is 9.59 Å². The molecular formula is C20H23ClN2O4. The fourth-order valence-corrected chi connectivity index (χ4v) is 2.44. The Hall–Kier alpha value is -2.73. The second-order valence-corrected chi connectivity index (χ2v) is 6.69. The van der Waals surface area contributed by atoms with E-state index < -0.39 is 11.8 Å². The van der Waals surface area contributed by atoms with Crippen molar-refractivity contribution in [1.29, 1.82) is 0 Å². The van der Waals surface area contributed by atoms with E-state index >= 15 is 0 Å². The Morgan fingerprint density at radius 2 is 1.59 bits per heavy atom. The third kappa shape index (κ3) is 6.49. The first-order valence-electron chi connectivity index (χ1n) is 8.55. The number of aryl methyl sites for hydroxylation is 1. The molecular weight excluding hydrogens is 368 g/mol. The minimum absolute atomic E-state index is 0.191. The standard InChI is InChI=1S/C20H23ClN2O4/c1-13(2)16-10-17(21)14(3)9-18(16)27-12-20(25)23-22-19(24)11-26-15-7-5-4-6-8-15/h4-10,13H,11-12H2,1-3H3,(H,22,24)(H,23,25). The SMILES string of the molecule is Cc1cc(OCC(=O)NNC(=O)COc2ccccc2)c(C(C)C)cc1Cl. The van der Waals surface area contributed by atoms with Crippen molar-refractivity contribution < 1.29 is 19.1 Å². The molecule has 27 heavy (non-hydrogen) atoms. The molecule has 0 saturated carbocycles. The Labute approximate surface area is 163 Å². The second-order valence-electron chi connectivity index (χ2n) is 6.28. The zero-order valence-corrected chi connectivity index (χ0v) is 16.3. The highest BCUT2D eigenvalue weighted by Gasteiger charge is 2.13. The lowest BCUT2D eigenvalue weighted by Gasteiger charge is -2.16. The van der Waals surface area contributed by atoms with Crippen LogP contribution in [0.2, 0.25) is 5.02 Å². The summed E-state index contributed by atoms with van der Waals surface area (Å²) >= 11 is 6.16. The molecule has 0 aliphatic heterocycles. The van der Waals surface area contributed by atoms with Crippen LogP contribution in [-0.4, -0.2) is 25.0 Å². The molecule has 0 bridgehead atoms. The van der Waals surface area contributed by atoms with E-state index in [0.29, 0.717) is 16.5 Å². The summed E-state index contributed by atoms with van der Waals surface area (Å²) in [6.07, 6.45) is 0. The number of rotatable bonds is 7. The van der Waals surface area contributed by atoms with Gasteiger partial charge in [-0.3, -0.25) is 20.4 Å². The van der Waals surface area contributed by atoms with Gasteiger partial charge in [-0.2, -0.15) is 0 Å². The minimum atomic E-state index is -0.481. The monoisotopic (exact) mass is 390 g/mol. The number of carbonyl (C=O) groups is 2. The maximum Gasteiger partial charge on any atom is 0.276 e. The molecule has 0 atom stereocenters. The molecule has 2 N–H and O–H groups in total.